The van der Waals surface area contributed by atoms with Gasteiger partial charge in [0.05, 0.1) is 12.1 Å². The molecule has 5 rings (SSSR count). The van der Waals surface area contributed by atoms with E-state index in [-0.39, 0.29) is 0 Å². The van der Waals surface area contributed by atoms with E-state index in [0.29, 0.717) is 0 Å². The number of hydrogen-bond donors (Lipinski definition) is 0. The third kappa shape index (κ3) is 4.02. The number of nitrogens with zero attached hydrogens (tertiary/aromatic N) is 2. The molecule has 2 aliphatic rings. The zero-order chi connectivity index (χ0) is 19.5. The molecule has 150 valence electrons. The van der Waals surface area contributed by atoms with E-state index >= 15 is 0 Å². The van der Waals surface area contributed by atoms with Crippen molar-refractivity contribution in [2.45, 2.75) is 44.9 Å². The molecule has 2 heterocycles. The summed E-state index contributed by atoms with van der Waals surface area (Å²) in [7, 11) is 0. The summed E-state index contributed by atoms with van der Waals surface area (Å²) in [5.74, 6) is 0.974. The Kier molecular flexibility index (Phi) is 5.49. The highest BCUT2D eigenvalue weighted by molar-refractivity contribution is 5.96. The first-order valence-electron chi connectivity index (χ1n) is 11.2. The van der Waals surface area contributed by atoms with Crippen LogP contribution in [0.2, 0.25) is 0 Å². The van der Waals surface area contributed by atoms with Gasteiger partial charge in [-0.1, -0.05) is 30.3 Å². The van der Waals surface area contributed by atoms with Crippen molar-refractivity contribution in [3.05, 3.63) is 59.8 Å². The Labute approximate surface area is 173 Å². The molecule has 0 atom stereocenters. The quantitative estimate of drug-likeness (QED) is 0.512. The lowest BCUT2D eigenvalue weighted by molar-refractivity contribution is 0.263. The Balaban J connectivity index is 1.35. The monoisotopic (exact) mass is 386 g/mol. The highest BCUT2D eigenvalue weighted by Gasteiger charge is 2.19. The lowest BCUT2D eigenvalue weighted by Crippen LogP contribution is -2.21. The van der Waals surface area contributed by atoms with Gasteiger partial charge in [-0.3, -0.25) is 4.98 Å². The lowest BCUT2D eigenvalue weighted by Gasteiger charge is -2.21. The zero-order valence-electron chi connectivity index (χ0n) is 17.2. The number of pyridine rings is 1. The van der Waals surface area contributed by atoms with Gasteiger partial charge in [0.2, 0.25) is 0 Å². The maximum atomic E-state index is 6.02. The van der Waals surface area contributed by atoms with E-state index in [0.717, 1.165) is 43.7 Å². The molecule has 0 N–H and O–H groups in total. The summed E-state index contributed by atoms with van der Waals surface area (Å²) < 4.78 is 6.02. The highest BCUT2D eigenvalue weighted by Crippen LogP contribution is 2.37. The Hall–Kier alpha value is -2.39. The first-order valence-corrected chi connectivity index (χ1v) is 11.2. The van der Waals surface area contributed by atoms with E-state index in [1.165, 1.54) is 66.5 Å². The molecule has 3 nitrogen and oxygen atoms in total. The maximum Gasteiger partial charge on any atom is 0.119 e. The standard InChI is InChI=1S/C26H30N2O/c1-3-10-24-22(8-1)26(23-9-2-4-11-25(23)27-24)20-12-14-21(15-13-20)29-19-7-18-28-16-5-6-17-28/h1,3,8,10,12-15H,2,4-7,9,11,16-19H2. The van der Waals surface area contributed by atoms with Gasteiger partial charge in [-0.25, -0.2) is 0 Å². The zero-order valence-corrected chi connectivity index (χ0v) is 17.2. The number of aromatic nitrogens is 1. The van der Waals surface area contributed by atoms with Crippen LogP contribution in [0.25, 0.3) is 22.0 Å². The van der Waals surface area contributed by atoms with Crippen LogP contribution in [0.4, 0.5) is 0 Å². The fourth-order valence-electron chi connectivity index (χ4n) is 4.90. The number of rotatable bonds is 6. The highest BCUT2D eigenvalue weighted by atomic mass is 16.5. The van der Waals surface area contributed by atoms with Crippen molar-refractivity contribution in [2.24, 2.45) is 0 Å². The number of aryl methyl sites for hydroxylation is 1. The molecule has 29 heavy (non-hydrogen) atoms. The maximum absolute atomic E-state index is 6.02. The molecule has 0 amide bonds. The van der Waals surface area contributed by atoms with Gasteiger partial charge in [0.1, 0.15) is 5.75 Å². The largest absolute Gasteiger partial charge is 0.494 e. The first-order chi connectivity index (χ1) is 14.4. The third-order valence-electron chi connectivity index (χ3n) is 6.40. The van der Waals surface area contributed by atoms with Crippen LogP contribution in [-0.4, -0.2) is 36.1 Å². The van der Waals surface area contributed by atoms with Crippen LogP contribution in [0.1, 0.15) is 43.4 Å². The number of fused-ring (bicyclic) bond motifs is 2. The average molecular weight is 387 g/mol. The summed E-state index contributed by atoms with van der Waals surface area (Å²) in [5, 5.41) is 1.27. The molecule has 0 bridgehead atoms. The fraction of sp³-hybridized carbons (Fsp3) is 0.423. The predicted octanol–water partition coefficient (Wildman–Crippen LogP) is 5.65. The van der Waals surface area contributed by atoms with Gasteiger partial charge < -0.3 is 9.64 Å². The smallest absolute Gasteiger partial charge is 0.119 e. The second kappa shape index (κ2) is 8.54. The van der Waals surface area contributed by atoms with E-state index in [1.54, 1.807) is 0 Å². The molecule has 1 aliphatic heterocycles. The molecule has 1 aromatic heterocycles. The van der Waals surface area contributed by atoms with Crippen molar-refractivity contribution in [3.63, 3.8) is 0 Å². The van der Waals surface area contributed by atoms with E-state index in [4.69, 9.17) is 9.72 Å². The molecule has 1 aliphatic carbocycles. The Morgan fingerprint density at radius 2 is 1.66 bits per heavy atom. The number of benzene rings is 2. The van der Waals surface area contributed by atoms with E-state index in [1.807, 2.05) is 0 Å². The number of ether oxygens (including phenoxy) is 1. The van der Waals surface area contributed by atoms with Crippen LogP contribution < -0.4 is 4.74 Å². The van der Waals surface area contributed by atoms with Crippen LogP contribution in [0.5, 0.6) is 5.75 Å². The molecule has 0 unspecified atom stereocenters. The SMILES string of the molecule is c1ccc2c(-c3ccc(OCCCN4CCCC4)cc3)c3c(nc2c1)CCCC3. The molecular formula is C26H30N2O. The van der Waals surface area contributed by atoms with Gasteiger partial charge in [0.15, 0.2) is 0 Å². The molecule has 0 radical (unpaired) electrons. The van der Waals surface area contributed by atoms with Gasteiger partial charge in [0, 0.05) is 17.6 Å². The van der Waals surface area contributed by atoms with Crippen LogP contribution in [0.3, 0.4) is 0 Å². The Morgan fingerprint density at radius 1 is 0.862 bits per heavy atom. The van der Waals surface area contributed by atoms with Gasteiger partial charge in [-0.2, -0.15) is 0 Å². The topological polar surface area (TPSA) is 25.4 Å². The third-order valence-corrected chi connectivity index (χ3v) is 6.40. The summed E-state index contributed by atoms with van der Waals surface area (Å²) >= 11 is 0. The average Bonchev–Trinajstić information content (AvgIpc) is 3.29. The van der Waals surface area contributed by atoms with Gasteiger partial charge in [0.25, 0.3) is 0 Å². The molecular weight excluding hydrogens is 356 g/mol. The molecule has 0 spiro atoms. The van der Waals surface area contributed by atoms with Crippen molar-refractivity contribution < 1.29 is 4.74 Å². The Bertz CT molecular complexity index is 974. The summed E-state index contributed by atoms with van der Waals surface area (Å²) in [6.07, 6.45) is 8.57. The second-order valence-electron chi connectivity index (χ2n) is 8.41. The molecule has 1 fully saturated rings. The van der Waals surface area contributed by atoms with Crippen LogP contribution in [0.15, 0.2) is 48.5 Å². The van der Waals surface area contributed by atoms with E-state index in [9.17, 15) is 0 Å². The van der Waals surface area contributed by atoms with E-state index in [2.05, 4.69) is 53.4 Å². The minimum atomic E-state index is 0.795. The minimum Gasteiger partial charge on any atom is -0.494 e. The lowest BCUT2D eigenvalue weighted by atomic mass is 9.87. The summed E-state index contributed by atoms with van der Waals surface area (Å²) in [6, 6.07) is 17.3. The fourth-order valence-corrected chi connectivity index (χ4v) is 4.90. The van der Waals surface area contributed by atoms with Crippen molar-refractivity contribution in [2.75, 3.05) is 26.2 Å². The van der Waals surface area contributed by atoms with Crippen molar-refractivity contribution in [1.29, 1.82) is 0 Å². The molecule has 0 saturated carbocycles. The van der Waals surface area contributed by atoms with Crippen LogP contribution in [-0.2, 0) is 12.8 Å². The van der Waals surface area contributed by atoms with Crippen LogP contribution in [0, 0.1) is 0 Å². The number of para-hydroxylation sites is 1. The van der Waals surface area contributed by atoms with Crippen molar-refractivity contribution in [3.8, 4) is 16.9 Å². The molecule has 2 aromatic carbocycles. The first kappa shape index (κ1) is 18.6. The second-order valence-corrected chi connectivity index (χ2v) is 8.41. The summed E-state index contributed by atoms with van der Waals surface area (Å²) in [6.45, 7) is 4.48. The molecule has 1 saturated heterocycles. The normalized spacial score (nSPS) is 16.8. The minimum absolute atomic E-state index is 0.795. The van der Waals surface area contributed by atoms with Crippen molar-refractivity contribution in [1.82, 2.24) is 9.88 Å². The summed E-state index contributed by atoms with van der Waals surface area (Å²) in [5.41, 5.74) is 6.53. The number of hydrogen-bond acceptors (Lipinski definition) is 3. The molecule has 3 aromatic rings. The van der Waals surface area contributed by atoms with Gasteiger partial charge in [-0.15, -0.1) is 0 Å². The van der Waals surface area contributed by atoms with Crippen molar-refractivity contribution >= 4 is 10.9 Å². The van der Waals surface area contributed by atoms with E-state index < -0.39 is 0 Å². The number of likely N-dealkylation sites (tertiary alicyclic amines) is 1. The van der Waals surface area contributed by atoms with Gasteiger partial charge in [-0.05, 0) is 92.9 Å². The van der Waals surface area contributed by atoms with Gasteiger partial charge >= 0.3 is 0 Å². The predicted molar refractivity (Wildman–Crippen MR) is 120 cm³/mol. The van der Waals surface area contributed by atoms with Crippen LogP contribution >= 0.6 is 0 Å². The Morgan fingerprint density at radius 3 is 2.52 bits per heavy atom. The molecule has 3 heteroatoms. The summed E-state index contributed by atoms with van der Waals surface area (Å²) in [4.78, 5) is 7.52.